The normalized spacial score (nSPS) is 22.1. The molecule has 41 heteroatoms. The van der Waals surface area contributed by atoms with Crippen LogP contribution in [-0.2, 0) is 73.5 Å². The zero-order valence-corrected chi connectivity index (χ0v) is 60.7. The molecule has 1 aromatic heterocycles. The third kappa shape index (κ3) is 28.1. The summed E-state index contributed by atoms with van der Waals surface area (Å²) in [5, 5.41) is 46.2. The van der Waals surface area contributed by atoms with E-state index in [9.17, 15) is 82.1 Å². The van der Waals surface area contributed by atoms with Crippen LogP contribution in [-0.4, -0.2) is 225 Å². The van der Waals surface area contributed by atoms with E-state index in [4.69, 9.17) is 34.4 Å². The molecule has 0 spiro atoms. The van der Waals surface area contributed by atoms with Crippen molar-refractivity contribution in [2.24, 2.45) is 44.4 Å². The number of H-pyrrole nitrogens is 1. The molecule has 3 aliphatic heterocycles. The van der Waals surface area contributed by atoms with Crippen molar-refractivity contribution in [3.63, 3.8) is 0 Å². The van der Waals surface area contributed by atoms with Gasteiger partial charge >= 0.3 is 11.9 Å². The minimum atomic E-state index is -1.68. The fraction of sp³-hybridized carbons (Fsp3) is 0.462. The highest BCUT2D eigenvalue weighted by Crippen LogP contribution is 2.29. The first-order valence-corrected chi connectivity index (χ1v) is 38.5. The SMILES string of the molecule is NC(=O)[C@@H]1CSSCCC(=O)N[C@@H](CCCCN=C(N)N)C(=O)NCC(=O)N[C@@H](CC(=O)O)C(=O)N[C@H](Cc2c[nH]c3ccccc23)C(=O)N2CCC[C@H]2C(=O)N1.NC(=O)[C@@H]1CSSCCC(=O)N[C@@H](CCCCN=C(N)N)C(=O)NCC(=O)N[C@@H](CC(=O)O)C(=O)Nc2cc(c3ccccc3c2)C(=O)N1. The Morgan fingerprint density at radius 3 is 1.58 bits per heavy atom. The van der Waals surface area contributed by atoms with E-state index in [1.54, 1.807) is 42.6 Å². The fourth-order valence-electron chi connectivity index (χ4n) is 11.1. The molecule has 0 radical (unpaired) electrons. The third-order valence-corrected chi connectivity index (χ3v) is 21.1. The Kier molecular flexibility index (Phi) is 34.3. The fourth-order valence-corrected chi connectivity index (χ4v) is 15.4. The van der Waals surface area contributed by atoms with E-state index in [0.717, 1.165) is 10.9 Å². The number of hydrogen-bond donors (Lipinski definition) is 19. The van der Waals surface area contributed by atoms with Crippen molar-refractivity contribution in [2.45, 2.75) is 132 Å². The molecule has 0 unspecified atom stereocenters. The van der Waals surface area contributed by atoms with Crippen LogP contribution >= 0.6 is 43.2 Å². The lowest BCUT2D eigenvalue weighted by Crippen LogP contribution is -2.59. The second-order valence-corrected chi connectivity index (χ2v) is 29.6. The van der Waals surface area contributed by atoms with Gasteiger partial charge in [-0.2, -0.15) is 0 Å². The second kappa shape index (κ2) is 43.0. The molecule has 7 rings (SSSR count). The Morgan fingerprint density at radius 1 is 0.528 bits per heavy atom. The molecule has 13 amide bonds. The number of para-hydroxylation sites is 1. The summed E-state index contributed by atoms with van der Waals surface area (Å²) in [7, 11) is 4.93. The maximum absolute atomic E-state index is 14.3. The van der Waals surface area contributed by atoms with E-state index in [0.29, 0.717) is 60.7 Å². The highest BCUT2D eigenvalue weighted by Gasteiger charge is 2.40. The molecule has 574 valence electrons. The van der Waals surface area contributed by atoms with Crippen LogP contribution in [0.5, 0.6) is 0 Å². The maximum Gasteiger partial charge on any atom is 0.305 e. The molecule has 2 fully saturated rings. The number of aliphatic imine (C=N–C) groups is 2. The first kappa shape index (κ1) is 84.4. The summed E-state index contributed by atoms with van der Waals surface area (Å²) in [5.74, 6) is -11.8. The van der Waals surface area contributed by atoms with Crippen LogP contribution in [0.2, 0.25) is 0 Å². The van der Waals surface area contributed by atoms with E-state index >= 15 is 0 Å². The van der Waals surface area contributed by atoms with Crippen LogP contribution in [0.4, 0.5) is 5.69 Å². The predicted octanol–water partition coefficient (Wildman–Crippen LogP) is -2.90. The number of nitrogens with one attached hydrogen (secondary N) is 11. The topological polar surface area (TPSA) is 617 Å². The molecular formula is C65H88N20O17S4. The summed E-state index contributed by atoms with van der Waals surface area (Å²) in [6.07, 6.45) is 2.84. The number of anilines is 1. The Bertz CT molecular complexity index is 3930. The molecule has 3 aliphatic rings. The summed E-state index contributed by atoms with van der Waals surface area (Å²) in [5.41, 5.74) is 34.2. The van der Waals surface area contributed by atoms with Crippen LogP contribution in [0.25, 0.3) is 21.7 Å². The Balaban J connectivity index is 0.000000336. The number of unbranched alkanes of at least 4 members (excludes halogenated alkanes) is 2. The number of aromatic amines is 1. The van der Waals surface area contributed by atoms with Crippen LogP contribution in [0.1, 0.15) is 93.0 Å². The number of carbonyl (C=O) groups is 15. The molecule has 4 heterocycles. The number of amides is 13. The van der Waals surface area contributed by atoms with Gasteiger partial charge in [0, 0.05) is 90.3 Å². The number of primary amides is 2. The van der Waals surface area contributed by atoms with Crippen LogP contribution in [0.3, 0.4) is 0 Å². The second-order valence-electron chi connectivity index (χ2n) is 24.4. The van der Waals surface area contributed by atoms with Gasteiger partial charge in [-0.3, -0.25) is 81.9 Å². The van der Waals surface area contributed by atoms with Gasteiger partial charge in [-0.15, -0.1) is 0 Å². The molecule has 4 aromatic rings. The smallest absolute Gasteiger partial charge is 0.305 e. The minimum Gasteiger partial charge on any atom is -0.481 e. The molecular weight excluding hydrogens is 1460 g/mol. The van der Waals surface area contributed by atoms with Crippen molar-refractivity contribution < 1.29 is 82.1 Å². The van der Waals surface area contributed by atoms with Crippen molar-refractivity contribution >= 4 is 171 Å². The van der Waals surface area contributed by atoms with Crippen molar-refractivity contribution in [3.05, 3.63) is 78.0 Å². The van der Waals surface area contributed by atoms with Crippen LogP contribution in [0.15, 0.2) is 76.8 Å². The van der Waals surface area contributed by atoms with Crippen LogP contribution in [0, 0.1) is 0 Å². The highest BCUT2D eigenvalue weighted by molar-refractivity contribution is 8.77. The average molecular weight is 1550 g/mol. The lowest BCUT2D eigenvalue weighted by molar-refractivity contribution is -0.143. The minimum absolute atomic E-state index is 0.00823. The van der Waals surface area contributed by atoms with Crippen molar-refractivity contribution in [3.8, 4) is 0 Å². The van der Waals surface area contributed by atoms with Crippen molar-refractivity contribution in [1.82, 2.24) is 57.7 Å². The summed E-state index contributed by atoms with van der Waals surface area (Å²) >= 11 is 0. The number of aromatic nitrogens is 1. The molecule has 2 bridgehead atoms. The average Bonchev–Trinajstić information content (AvgIpc) is 1.32. The summed E-state index contributed by atoms with van der Waals surface area (Å²) in [4.78, 5) is 207. The number of nitrogens with two attached hydrogens (primary N) is 6. The number of aliphatic carboxylic acids is 2. The van der Waals surface area contributed by atoms with Crippen molar-refractivity contribution in [2.75, 3.05) is 61.1 Å². The molecule has 106 heavy (non-hydrogen) atoms. The van der Waals surface area contributed by atoms with Crippen molar-refractivity contribution in [1.29, 1.82) is 0 Å². The van der Waals surface area contributed by atoms with Gasteiger partial charge in [0.15, 0.2) is 11.9 Å². The number of carbonyl (C=O) groups excluding carboxylic acids is 13. The van der Waals surface area contributed by atoms with E-state index in [1.807, 2.05) is 18.2 Å². The number of nitrogens with zero attached hydrogens (tertiary/aromatic N) is 3. The number of carboxylic acid groups (broad SMARTS) is 2. The van der Waals surface area contributed by atoms with Gasteiger partial charge in [-0.1, -0.05) is 85.6 Å². The monoisotopic (exact) mass is 1550 g/mol. The quantitative estimate of drug-likeness (QED) is 0.0206. The summed E-state index contributed by atoms with van der Waals surface area (Å²) < 4.78 is 0. The first-order chi connectivity index (χ1) is 50.6. The molecule has 0 aliphatic carbocycles. The van der Waals surface area contributed by atoms with E-state index in [1.165, 1.54) is 54.1 Å². The number of hydrogen-bond acceptors (Lipinski definition) is 21. The molecule has 0 saturated carbocycles. The molecule has 3 aromatic carbocycles. The van der Waals surface area contributed by atoms with Gasteiger partial charge in [0.25, 0.3) is 5.91 Å². The van der Waals surface area contributed by atoms with Gasteiger partial charge in [0.1, 0.15) is 48.3 Å². The van der Waals surface area contributed by atoms with Gasteiger partial charge in [0.2, 0.25) is 70.9 Å². The van der Waals surface area contributed by atoms with E-state index in [2.05, 4.69) is 68.1 Å². The number of benzene rings is 3. The Labute approximate surface area is 623 Å². The van der Waals surface area contributed by atoms with Crippen LogP contribution < -0.4 is 87.6 Å². The molecule has 25 N–H and O–H groups in total. The third-order valence-electron chi connectivity index (χ3n) is 16.3. The zero-order valence-electron chi connectivity index (χ0n) is 57.5. The summed E-state index contributed by atoms with van der Waals surface area (Å²) in [6.45, 7) is -0.541. The Morgan fingerprint density at radius 2 is 1.04 bits per heavy atom. The molecule has 37 nitrogen and oxygen atoms in total. The lowest BCUT2D eigenvalue weighted by Gasteiger charge is -2.30. The van der Waals surface area contributed by atoms with Gasteiger partial charge in [-0.25, -0.2) is 0 Å². The zero-order chi connectivity index (χ0) is 77.4. The molecule has 2 saturated heterocycles. The van der Waals surface area contributed by atoms with E-state index < -0.39 is 163 Å². The molecule has 8 atom stereocenters. The standard InChI is InChI=1S/C35H49N11O9S2.C30H39N9O8S2/c36-30(51)25-18-57-56-13-10-27(47)42-22(8-3-4-11-39-35(37)38)31(52)41-17-28(48)43-23(15-29(49)50)32(53)44-24(14-19-16-40-21-7-2-1-6-20(19)21)34(55)46-12-5-9-26(46)33(54)45-25;31-26(44)22-15-49-48-10-8-23(40)37-20(7-3-4-9-34-30(32)33)28(46)35-14-24(41)38-21(13-25(42)43)29(47)36-17-11-16-5-1-2-6-18(16)19(12-17)27(45)39-22/h1-2,6-7,16,22-26,40H,3-5,8-15,17-18H2,(H2,36,51)(H,41,52)(H,42,47)(H,43,48)(H,44,53)(H,45,54)(H,49,50)(H4,37,38,39);1-2,5-6,11-12,20-22H,3-4,7-10,13-15H2,(H2,31,44)(H,35,46)(H,36,47)(H,37,40)(H,38,41)(H,39,45)(H,42,43)(H4,32,33,34)/t22-,23-,24+,25-,26-;20-,21-,22-/m00/s1. The maximum atomic E-state index is 14.3. The lowest BCUT2D eigenvalue weighted by atomic mass is 10.0. The summed E-state index contributed by atoms with van der Waals surface area (Å²) in [6, 6.07) is 7.10. The predicted molar refractivity (Wildman–Crippen MR) is 399 cm³/mol. The highest BCUT2D eigenvalue weighted by atomic mass is 33.1. The largest absolute Gasteiger partial charge is 0.481 e. The number of rotatable bonds is 18. The number of fused-ring (bicyclic) bond motifs is 6. The van der Waals surface area contributed by atoms with Gasteiger partial charge in [-0.05, 0) is 85.9 Å². The Hall–Kier alpha value is -10.6. The van der Waals surface area contributed by atoms with E-state index in [-0.39, 0.29) is 92.0 Å². The first-order valence-electron chi connectivity index (χ1n) is 33.5. The van der Waals surface area contributed by atoms with Gasteiger partial charge in [0.05, 0.1) is 25.9 Å². The van der Waals surface area contributed by atoms with Gasteiger partial charge < -0.3 is 108 Å². The number of guanidine groups is 2. The number of carboxylic acids is 2.